The Balaban J connectivity index is 3.22. The van der Waals surface area contributed by atoms with Gasteiger partial charge in [0, 0.05) is 12.0 Å². The van der Waals surface area contributed by atoms with Crippen molar-refractivity contribution in [1.82, 2.24) is 4.98 Å². The standard InChI is InChI=1S/C12H17F3N2O2S/c1-5-17(6-12(13,14)15)10-16-8(11(2,3)4)7(20-10)9(18)19/h5-6H2,1-4H3,(H,18,19). The van der Waals surface area contributed by atoms with Crippen LogP contribution < -0.4 is 4.90 Å². The molecule has 0 amide bonds. The molecule has 0 bridgehead atoms. The van der Waals surface area contributed by atoms with Crippen molar-refractivity contribution in [2.75, 3.05) is 18.0 Å². The molecule has 1 N–H and O–H groups in total. The third kappa shape index (κ3) is 4.09. The molecule has 1 rings (SSSR count). The molecule has 0 fully saturated rings. The van der Waals surface area contributed by atoms with Crippen LogP contribution in [0, 0.1) is 0 Å². The maximum Gasteiger partial charge on any atom is 0.406 e. The zero-order valence-corrected chi connectivity index (χ0v) is 12.5. The first-order chi connectivity index (χ1) is 8.95. The van der Waals surface area contributed by atoms with Crippen LogP contribution in [-0.4, -0.2) is 35.3 Å². The lowest BCUT2D eigenvalue weighted by Crippen LogP contribution is -2.34. The second-order valence-corrected chi connectivity index (χ2v) is 6.34. The minimum atomic E-state index is -4.35. The van der Waals surface area contributed by atoms with Crippen LogP contribution in [0.4, 0.5) is 18.3 Å². The molecule has 114 valence electrons. The van der Waals surface area contributed by atoms with Gasteiger partial charge in [0.15, 0.2) is 5.13 Å². The highest BCUT2D eigenvalue weighted by atomic mass is 32.1. The van der Waals surface area contributed by atoms with Gasteiger partial charge >= 0.3 is 12.1 Å². The molecular weight excluding hydrogens is 293 g/mol. The molecule has 1 aromatic rings. The average Bonchev–Trinajstić information content (AvgIpc) is 2.68. The molecule has 0 saturated carbocycles. The fourth-order valence-corrected chi connectivity index (χ4v) is 2.81. The van der Waals surface area contributed by atoms with Crippen LogP contribution in [-0.2, 0) is 5.41 Å². The number of anilines is 1. The molecule has 0 saturated heterocycles. The lowest BCUT2D eigenvalue weighted by Gasteiger charge is -2.21. The number of carbonyl (C=O) groups is 1. The predicted octanol–water partition coefficient (Wildman–Crippen LogP) is 3.53. The molecule has 20 heavy (non-hydrogen) atoms. The molecular formula is C12H17F3N2O2S. The number of hydrogen-bond donors (Lipinski definition) is 1. The molecule has 0 spiro atoms. The van der Waals surface area contributed by atoms with Gasteiger partial charge in [-0.25, -0.2) is 9.78 Å². The van der Waals surface area contributed by atoms with Crippen molar-refractivity contribution >= 4 is 22.4 Å². The van der Waals surface area contributed by atoms with E-state index in [1.54, 1.807) is 27.7 Å². The minimum absolute atomic E-state index is 0.00637. The van der Waals surface area contributed by atoms with Gasteiger partial charge in [-0.2, -0.15) is 13.2 Å². The Labute approximate surface area is 119 Å². The van der Waals surface area contributed by atoms with Gasteiger partial charge in [-0.3, -0.25) is 0 Å². The van der Waals surface area contributed by atoms with Crippen LogP contribution in [0.3, 0.4) is 0 Å². The van der Waals surface area contributed by atoms with Gasteiger partial charge in [0.25, 0.3) is 0 Å². The lowest BCUT2D eigenvalue weighted by molar-refractivity contribution is -0.119. The van der Waals surface area contributed by atoms with Crippen LogP contribution in [0.2, 0.25) is 0 Å². The first-order valence-electron chi connectivity index (χ1n) is 6.02. The van der Waals surface area contributed by atoms with E-state index in [1.807, 2.05) is 0 Å². The third-order valence-corrected chi connectivity index (χ3v) is 3.65. The van der Waals surface area contributed by atoms with Gasteiger partial charge in [0.1, 0.15) is 11.4 Å². The van der Waals surface area contributed by atoms with Crippen LogP contribution in [0.25, 0.3) is 0 Å². The normalized spacial score (nSPS) is 12.6. The molecule has 0 atom stereocenters. The van der Waals surface area contributed by atoms with Crippen molar-refractivity contribution in [1.29, 1.82) is 0 Å². The van der Waals surface area contributed by atoms with E-state index in [9.17, 15) is 18.0 Å². The number of aromatic nitrogens is 1. The number of alkyl halides is 3. The predicted molar refractivity (Wildman–Crippen MR) is 71.7 cm³/mol. The second kappa shape index (κ2) is 5.59. The topological polar surface area (TPSA) is 53.4 Å². The zero-order chi connectivity index (χ0) is 15.7. The summed E-state index contributed by atoms with van der Waals surface area (Å²) in [5.41, 5.74) is -0.231. The van der Waals surface area contributed by atoms with Gasteiger partial charge in [-0.15, -0.1) is 0 Å². The smallest absolute Gasteiger partial charge is 0.406 e. The summed E-state index contributed by atoms with van der Waals surface area (Å²) >= 11 is 0.783. The molecule has 0 radical (unpaired) electrons. The Morgan fingerprint density at radius 1 is 1.35 bits per heavy atom. The fraction of sp³-hybridized carbons (Fsp3) is 0.667. The van der Waals surface area contributed by atoms with Crippen LogP contribution in [0.1, 0.15) is 43.1 Å². The van der Waals surface area contributed by atoms with E-state index >= 15 is 0 Å². The number of carboxylic acids is 1. The zero-order valence-electron chi connectivity index (χ0n) is 11.7. The van der Waals surface area contributed by atoms with E-state index in [0.29, 0.717) is 5.69 Å². The lowest BCUT2D eigenvalue weighted by atomic mass is 9.91. The highest BCUT2D eigenvalue weighted by molar-refractivity contribution is 7.17. The highest BCUT2D eigenvalue weighted by Crippen LogP contribution is 2.34. The van der Waals surface area contributed by atoms with Crippen LogP contribution >= 0.6 is 11.3 Å². The van der Waals surface area contributed by atoms with E-state index in [0.717, 1.165) is 16.2 Å². The highest BCUT2D eigenvalue weighted by Gasteiger charge is 2.34. The molecule has 4 nitrogen and oxygen atoms in total. The summed E-state index contributed by atoms with van der Waals surface area (Å²) in [6.07, 6.45) is -4.35. The second-order valence-electron chi connectivity index (χ2n) is 5.36. The van der Waals surface area contributed by atoms with Crippen molar-refractivity contribution in [3.05, 3.63) is 10.6 Å². The van der Waals surface area contributed by atoms with Gasteiger partial charge in [-0.1, -0.05) is 32.1 Å². The largest absolute Gasteiger partial charge is 0.477 e. The summed E-state index contributed by atoms with van der Waals surface area (Å²) in [4.78, 5) is 16.4. The Morgan fingerprint density at radius 3 is 2.20 bits per heavy atom. The first kappa shape index (κ1) is 16.7. The molecule has 1 heterocycles. The minimum Gasteiger partial charge on any atom is -0.477 e. The molecule has 1 aromatic heterocycles. The number of hydrogen-bond acceptors (Lipinski definition) is 4. The Morgan fingerprint density at radius 2 is 1.90 bits per heavy atom. The number of nitrogens with zero attached hydrogens (tertiary/aromatic N) is 2. The number of aromatic carboxylic acids is 1. The summed E-state index contributed by atoms with van der Waals surface area (Å²) in [7, 11) is 0. The molecule has 0 aliphatic rings. The Bertz CT molecular complexity index is 492. The average molecular weight is 310 g/mol. The van der Waals surface area contributed by atoms with Gasteiger partial charge in [0.05, 0.1) is 5.69 Å². The fourth-order valence-electron chi connectivity index (χ4n) is 1.63. The SMILES string of the molecule is CCN(CC(F)(F)F)c1nc(C(C)(C)C)c(C(=O)O)s1. The van der Waals surface area contributed by atoms with E-state index in [1.165, 1.54) is 0 Å². The maximum atomic E-state index is 12.5. The van der Waals surface area contributed by atoms with Crippen LogP contribution in [0.5, 0.6) is 0 Å². The Hall–Kier alpha value is -1.31. The van der Waals surface area contributed by atoms with E-state index in [2.05, 4.69) is 4.98 Å². The van der Waals surface area contributed by atoms with E-state index in [4.69, 9.17) is 5.11 Å². The molecule has 0 aliphatic heterocycles. The summed E-state index contributed by atoms with van der Waals surface area (Å²) in [6.45, 7) is 5.87. The first-order valence-corrected chi connectivity index (χ1v) is 6.83. The van der Waals surface area contributed by atoms with Crippen molar-refractivity contribution in [3.63, 3.8) is 0 Å². The summed E-state index contributed by atoms with van der Waals surface area (Å²) in [5, 5.41) is 9.25. The third-order valence-electron chi connectivity index (χ3n) is 2.54. The maximum absolute atomic E-state index is 12.5. The number of halogens is 3. The molecule has 8 heteroatoms. The van der Waals surface area contributed by atoms with Gasteiger partial charge in [-0.05, 0) is 6.92 Å². The monoisotopic (exact) mass is 310 g/mol. The number of rotatable bonds is 4. The summed E-state index contributed by atoms with van der Waals surface area (Å²) in [6, 6.07) is 0. The van der Waals surface area contributed by atoms with Crippen molar-refractivity contribution in [3.8, 4) is 0 Å². The van der Waals surface area contributed by atoms with Crippen molar-refractivity contribution < 1.29 is 23.1 Å². The van der Waals surface area contributed by atoms with Gasteiger partial charge < -0.3 is 10.0 Å². The van der Waals surface area contributed by atoms with Gasteiger partial charge in [0.2, 0.25) is 0 Å². The molecule has 0 unspecified atom stereocenters. The Kier molecular flexibility index (Phi) is 4.68. The van der Waals surface area contributed by atoms with Crippen LogP contribution in [0.15, 0.2) is 0 Å². The van der Waals surface area contributed by atoms with E-state index in [-0.39, 0.29) is 16.6 Å². The summed E-state index contributed by atoms with van der Waals surface area (Å²) in [5.74, 6) is -1.17. The molecule has 0 aliphatic carbocycles. The summed E-state index contributed by atoms with van der Waals surface area (Å²) < 4.78 is 37.5. The number of thiazole rings is 1. The van der Waals surface area contributed by atoms with E-state index < -0.39 is 24.1 Å². The van der Waals surface area contributed by atoms with Crippen molar-refractivity contribution in [2.24, 2.45) is 0 Å². The molecule has 0 aromatic carbocycles. The quantitative estimate of drug-likeness (QED) is 0.924. The number of carboxylic acid groups (broad SMARTS) is 1. The van der Waals surface area contributed by atoms with Crippen molar-refractivity contribution in [2.45, 2.75) is 39.3 Å².